The maximum absolute atomic E-state index is 11.9. The van der Waals surface area contributed by atoms with Crippen LogP contribution >= 0.6 is 0 Å². The average molecular weight is 202 g/mol. The van der Waals surface area contributed by atoms with Crippen molar-refractivity contribution in [3.05, 3.63) is 11.4 Å². The van der Waals surface area contributed by atoms with E-state index in [1.165, 1.54) is 0 Å². The van der Waals surface area contributed by atoms with Crippen molar-refractivity contribution in [2.75, 3.05) is 17.6 Å². The summed E-state index contributed by atoms with van der Waals surface area (Å²) in [6.45, 7) is 2.91. The maximum atomic E-state index is 11.9. The minimum atomic E-state index is -2.41. The van der Waals surface area contributed by atoms with E-state index in [1.807, 2.05) is 0 Å². The average Bonchev–Trinajstić information content (AvgIpc) is 2.08. The van der Waals surface area contributed by atoms with E-state index in [9.17, 15) is 8.78 Å². The van der Waals surface area contributed by atoms with Crippen LogP contribution in [0.1, 0.15) is 11.4 Å². The van der Waals surface area contributed by atoms with Crippen molar-refractivity contribution in [1.29, 1.82) is 0 Å². The van der Waals surface area contributed by atoms with Gasteiger partial charge >= 0.3 is 0 Å². The molecule has 0 saturated heterocycles. The van der Waals surface area contributed by atoms with Crippen LogP contribution < -0.4 is 11.1 Å². The summed E-state index contributed by atoms with van der Waals surface area (Å²) in [6, 6.07) is 0. The molecule has 6 heteroatoms. The number of aromatic nitrogens is 2. The van der Waals surface area contributed by atoms with Crippen LogP contribution in [-0.4, -0.2) is 22.9 Å². The Morgan fingerprint density at radius 3 is 2.57 bits per heavy atom. The van der Waals surface area contributed by atoms with Crippen LogP contribution in [-0.2, 0) is 0 Å². The molecule has 0 aliphatic heterocycles. The molecule has 0 saturated carbocycles. The second-order valence-corrected chi connectivity index (χ2v) is 2.90. The second-order valence-electron chi connectivity index (χ2n) is 2.90. The number of halogens is 2. The van der Waals surface area contributed by atoms with Crippen LogP contribution in [0.2, 0.25) is 0 Å². The summed E-state index contributed by atoms with van der Waals surface area (Å²) >= 11 is 0. The monoisotopic (exact) mass is 202 g/mol. The fourth-order valence-electron chi connectivity index (χ4n) is 0.996. The molecule has 1 aromatic heterocycles. The maximum Gasteiger partial charge on any atom is 0.255 e. The molecule has 0 bridgehead atoms. The molecule has 0 amide bonds. The lowest BCUT2D eigenvalue weighted by atomic mass is 10.3. The fraction of sp³-hybridized carbons (Fsp3) is 0.500. The summed E-state index contributed by atoms with van der Waals surface area (Å²) in [4.78, 5) is 7.87. The summed E-state index contributed by atoms with van der Waals surface area (Å²) in [6.07, 6.45) is -2.41. The normalized spacial score (nSPS) is 10.6. The van der Waals surface area contributed by atoms with Crippen molar-refractivity contribution in [3.8, 4) is 0 Å². The summed E-state index contributed by atoms with van der Waals surface area (Å²) in [5.74, 6) is 1.15. The Morgan fingerprint density at radius 2 is 2.00 bits per heavy atom. The van der Waals surface area contributed by atoms with Crippen molar-refractivity contribution in [2.45, 2.75) is 20.3 Å². The van der Waals surface area contributed by atoms with Gasteiger partial charge in [0, 0.05) is 5.56 Å². The number of rotatable bonds is 3. The van der Waals surface area contributed by atoms with E-state index >= 15 is 0 Å². The molecule has 0 spiro atoms. The van der Waals surface area contributed by atoms with E-state index in [-0.39, 0.29) is 0 Å². The van der Waals surface area contributed by atoms with Crippen molar-refractivity contribution in [2.24, 2.45) is 0 Å². The molecule has 0 aliphatic rings. The Kier molecular flexibility index (Phi) is 3.16. The van der Waals surface area contributed by atoms with Crippen LogP contribution in [0.3, 0.4) is 0 Å². The van der Waals surface area contributed by atoms with Crippen LogP contribution in [0.4, 0.5) is 20.4 Å². The quantitative estimate of drug-likeness (QED) is 0.776. The zero-order valence-corrected chi connectivity index (χ0v) is 8.01. The van der Waals surface area contributed by atoms with E-state index < -0.39 is 13.0 Å². The number of nitrogen functional groups attached to an aromatic ring is 1. The third-order valence-corrected chi connectivity index (χ3v) is 1.72. The zero-order valence-electron chi connectivity index (χ0n) is 8.01. The van der Waals surface area contributed by atoms with Gasteiger partial charge in [-0.3, -0.25) is 0 Å². The summed E-state index contributed by atoms with van der Waals surface area (Å²) in [7, 11) is 0. The largest absolute Gasteiger partial charge is 0.383 e. The number of aryl methyl sites for hydroxylation is 1. The third-order valence-electron chi connectivity index (χ3n) is 1.72. The van der Waals surface area contributed by atoms with Gasteiger partial charge in [-0.1, -0.05) is 0 Å². The minimum absolute atomic E-state index is 0.314. The topological polar surface area (TPSA) is 63.8 Å². The number of nitrogens with zero attached hydrogens (tertiary/aromatic N) is 2. The smallest absolute Gasteiger partial charge is 0.255 e. The fourth-order valence-corrected chi connectivity index (χ4v) is 0.996. The number of alkyl halides is 2. The van der Waals surface area contributed by atoms with Crippen molar-refractivity contribution in [3.63, 3.8) is 0 Å². The number of nitrogens with two attached hydrogens (primary N) is 1. The van der Waals surface area contributed by atoms with Crippen LogP contribution in [0.25, 0.3) is 0 Å². The van der Waals surface area contributed by atoms with E-state index in [2.05, 4.69) is 15.3 Å². The first-order valence-corrected chi connectivity index (χ1v) is 4.13. The summed E-state index contributed by atoms with van der Waals surface area (Å²) < 4.78 is 23.8. The highest BCUT2D eigenvalue weighted by molar-refractivity contribution is 5.54. The minimum Gasteiger partial charge on any atom is -0.383 e. The van der Waals surface area contributed by atoms with Gasteiger partial charge in [-0.2, -0.15) is 0 Å². The first kappa shape index (κ1) is 10.6. The van der Waals surface area contributed by atoms with Gasteiger partial charge in [0.05, 0.1) is 6.54 Å². The van der Waals surface area contributed by atoms with Gasteiger partial charge in [0.15, 0.2) is 0 Å². The molecule has 0 atom stereocenters. The van der Waals surface area contributed by atoms with E-state index in [4.69, 9.17) is 5.73 Å². The molecule has 1 aromatic rings. The predicted molar refractivity (Wildman–Crippen MR) is 50.4 cm³/mol. The number of nitrogens with one attached hydrogen (secondary N) is 1. The summed E-state index contributed by atoms with van der Waals surface area (Å²) in [5.41, 5.74) is 6.14. The first-order chi connectivity index (χ1) is 6.50. The molecule has 0 unspecified atom stereocenters. The van der Waals surface area contributed by atoms with Crippen LogP contribution in [0.5, 0.6) is 0 Å². The SMILES string of the molecule is Cc1nc(N)c(C)c(NCC(F)F)n1. The van der Waals surface area contributed by atoms with E-state index in [0.29, 0.717) is 23.0 Å². The molecule has 1 heterocycles. The van der Waals surface area contributed by atoms with Gasteiger partial charge < -0.3 is 11.1 Å². The molecule has 0 aliphatic carbocycles. The Hall–Kier alpha value is -1.46. The molecule has 78 valence electrons. The lowest BCUT2D eigenvalue weighted by molar-refractivity contribution is 0.163. The number of hydrogen-bond acceptors (Lipinski definition) is 4. The lowest BCUT2D eigenvalue weighted by Gasteiger charge is -2.09. The molecule has 4 nitrogen and oxygen atoms in total. The highest BCUT2D eigenvalue weighted by Crippen LogP contribution is 2.16. The van der Waals surface area contributed by atoms with E-state index in [0.717, 1.165) is 0 Å². The number of anilines is 2. The Labute approximate surface area is 80.6 Å². The zero-order chi connectivity index (χ0) is 10.7. The highest BCUT2D eigenvalue weighted by Gasteiger charge is 2.08. The van der Waals surface area contributed by atoms with E-state index in [1.54, 1.807) is 13.8 Å². The molecule has 1 rings (SSSR count). The summed E-state index contributed by atoms with van der Waals surface area (Å²) in [5, 5.41) is 2.51. The lowest BCUT2D eigenvalue weighted by Crippen LogP contribution is -2.14. The number of hydrogen-bond donors (Lipinski definition) is 2. The molecule has 0 fully saturated rings. The molecule has 0 radical (unpaired) electrons. The van der Waals surface area contributed by atoms with Crippen molar-refractivity contribution in [1.82, 2.24) is 9.97 Å². The van der Waals surface area contributed by atoms with Crippen molar-refractivity contribution < 1.29 is 8.78 Å². The van der Waals surface area contributed by atoms with Gasteiger partial charge in [-0.25, -0.2) is 18.7 Å². The standard InChI is InChI=1S/C8H12F2N4/c1-4-7(11)13-5(2)14-8(4)12-3-6(9)10/h6H,3H2,1-2H3,(H3,11,12,13,14). The molecule has 14 heavy (non-hydrogen) atoms. The second kappa shape index (κ2) is 4.17. The molecular formula is C8H12F2N4. The van der Waals surface area contributed by atoms with Gasteiger partial charge in [0.1, 0.15) is 17.5 Å². The van der Waals surface area contributed by atoms with Gasteiger partial charge in [-0.15, -0.1) is 0 Å². The van der Waals surface area contributed by atoms with Crippen LogP contribution in [0.15, 0.2) is 0 Å². The Bertz CT molecular complexity index is 327. The first-order valence-electron chi connectivity index (χ1n) is 4.13. The van der Waals surface area contributed by atoms with Crippen LogP contribution in [0, 0.1) is 13.8 Å². The Balaban J connectivity index is 2.85. The predicted octanol–water partition coefficient (Wildman–Crippen LogP) is 1.35. The van der Waals surface area contributed by atoms with Gasteiger partial charge in [0.2, 0.25) is 0 Å². The van der Waals surface area contributed by atoms with Crippen molar-refractivity contribution >= 4 is 11.6 Å². The van der Waals surface area contributed by atoms with Gasteiger partial charge in [0.25, 0.3) is 6.43 Å². The highest BCUT2D eigenvalue weighted by atomic mass is 19.3. The molecule has 3 N–H and O–H groups in total. The molecule has 0 aromatic carbocycles. The molecular weight excluding hydrogens is 190 g/mol. The van der Waals surface area contributed by atoms with Gasteiger partial charge in [-0.05, 0) is 13.8 Å². The third kappa shape index (κ3) is 2.51. The Morgan fingerprint density at radius 1 is 1.36 bits per heavy atom.